The number of urea groups is 1. The van der Waals surface area contributed by atoms with Crippen molar-refractivity contribution in [2.24, 2.45) is 0 Å². The summed E-state index contributed by atoms with van der Waals surface area (Å²) in [5.74, 6) is -2.52. The Labute approximate surface area is 232 Å². The first-order valence-electron chi connectivity index (χ1n) is 14.4. The van der Waals surface area contributed by atoms with Crippen molar-refractivity contribution in [2.45, 2.75) is 135 Å². The normalized spacial score (nSPS) is 12.3. The van der Waals surface area contributed by atoms with E-state index < -0.39 is 30.1 Å². The first-order valence-corrected chi connectivity index (χ1v) is 14.4. The van der Waals surface area contributed by atoms with Gasteiger partial charge in [-0.1, -0.05) is 45.4 Å². The minimum absolute atomic E-state index is 0.0222. The maximum atomic E-state index is 12.1. The van der Waals surface area contributed by atoms with Gasteiger partial charge in [0, 0.05) is 32.2 Å². The number of aliphatic carboxylic acids is 2. The SMILES string of the molecule is CCCCCCCC(=O)CCCCCCC(=O)NCCCCC(NC(=O)NC(CCC(C)=O)C(=O)O)C(=O)O. The number of unbranched alkanes of at least 4 members (excludes halogenated alkanes) is 8. The molecule has 39 heavy (non-hydrogen) atoms. The predicted molar refractivity (Wildman–Crippen MR) is 147 cm³/mol. The van der Waals surface area contributed by atoms with Crippen molar-refractivity contribution in [1.29, 1.82) is 0 Å². The van der Waals surface area contributed by atoms with Crippen LogP contribution in [0.3, 0.4) is 0 Å². The summed E-state index contributed by atoms with van der Waals surface area (Å²) in [6.45, 7) is 3.87. The Morgan fingerprint density at radius 3 is 1.64 bits per heavy atom. The molecule has 224 valence electrons. The number of carbonyl (C=O) groups is 6. The summed E-state index contributed by atoms with van der Waals surface area (Å²) in [6, 6.07) is -3.44. The quantitative estimate of drug-likeness (QED) is 0.104. The monoisotopic (exact) mass is 555 g/mol. The van der Waals surface area contributed by atoms with Gasteiger partial charge >= 0.3 is 18.0 Å². The molecule has 0 aliphatic rings. The van der Waals surface area contributed by atoms with Crippen molar-refractivity contribution in [3.63, 3.8) is 0 Å². The summed E-state index contributed by atoms with van der Waals surface area (Å²) in [6.07, 6.45) is 11.8. The van der Waals surface area contributed by atoms with Gasteiger partial charge in [-0.3, -0.25) is 9.59 Å². The van der Waals surface area contributed by atoms with E-state index in [1.54, 1.807) is 0 Å². The van der Waals surface area contributed by atoms with E-state index in [0.717, 1.165) is 38.5 Å². The number of Topliss-reactive ketones (excluding diaryl/α,β-unsaturated/α-hetero) is 2. The molecule has 0 fully saturated rings. The van der Waals surface area contributed by atoms with Gasteiger partial charge in [0.2, 0.25) is 5.91 Å². The van der Waals surface area contributed by atoms with Gasteiger partial charge in [-0.15, -0.1) is 0 Å². The number of hydrogen-bond acceptors (Lipinski definition) is 6. The summed E-state index contributed by atoms with van der Waals surface area (Å²) < 4.78 is 0. The van der Waals surface area contributed by atoms with E-state index in [1.165, 1.54) is 26.2 Å². The fourth-order valence-corrected chi connectivity index (χ4v) is 4.02. The Bertz CT molecular complexity index is 772. The van der Waals surface area contributed by atoms with E-state index in [-0.39, 0.29) is 31.0 Å². The van der Waals surface area contributed by atoms with Crippen LogP contribution in [0.25, 0.3) is 0 Å². The molecule has 0 saturated carbocycles. The molecule has 0 aromatic heterocycles. The lowest BCUT2D eigenvalue weighted by Gasteiger charge is -2.18. The number of ketones is 2. The molecule has 5 N–H and O–H groups in total. The molecule has 11 heteroatoms. The van der Waals surface area contributed by atoms with E-state index in [4.69, 9.17) is 5.11 Å². The molecular formula is C28H49N3O8. The molecule has 0 aliphatic heterocycles. The molecule has 0 aliphatic carbocycles. The van der Waals surface area contributed by atoms with Gasteiger partial charge in [0.1, 0.15) is 23.7 Å². The Balaban J connectivity index is 3.97. The molecule has 11 nitrogen and oxygen atoms in total. The van der Waals surface area contributed by atoms with Crippen molar-refractivity contribution < 1.29 is 39.0 Å². The Kier molecular flexibility index (Phi) is 21.2. The van der Waals surface area contributed by atoms with Crippen molar-refractivity contribution in [3.8, 4) is 0 Å². The van der Waals surface area contributed by atoms with Crippen LogP contribution in [0.2, 0.25) is 0 Å². The number of nitrogens with one attached hydrogen (secondary N) is 3. The van der Waals surface area contributed by atoms with Crippen LogP contribution in [0.5, 0.6) is 0 Å². The second-order valence-electron chi connectivity index (χ2n) is 10.1. The number of carboxylic acid groups (broad SMARTS) is 2. The van der Waals surface area contributed by atoms with E-state index >= 15 is 0 Å². The zero-order valence-electron chi connectivity index (χ0n) is 23.7. The van der Waals surface area contributed by atoms with Gasteiger partial charge in [-0.2, -0.15) is 0 Å². The minimum atomic E-state index is -1.31. The first-order chi connectivity index (χ1) is 18.6. The van der Waals surface area contributed by atoms with Crippen LogP contribution in [-0.4, -0.2) is 64.3 Å². The van der Waals surface area contributed by atoms with Gasteiger partial charge in [0.15, 0.2) is 0 Å². The molecule has 0 aromatic carbocycles. The van der Waals surface area contributed by atoms with Crippen LogP contribution in [0, 0.1) is 0 Å². The number of hydrogen-bond donors (Lipinski definition) is 5. The molecule has 0 aromatic rings. The highest BCUT2D eigenvalue weighted by atomic mass is 16.4. The molecule has 2 atom stereocenters. The van der Waals surface area contributed by atoms with Crippen molar-refractivity contribution in [3.05, 3.63) is 0 Å². The first kappa shape index (κ1) is 36.0. The molecule has 3 amide bonds. The molecule has 0 radical (unpaired) electrons. The van der Waals surface area contributed by atoms with E-state index in [2.05, 4.69) is 22.9 Å². The van der Waals surface area contributed by atoms with E-state index in [1.807, 2.05) is 0 Å². The lowest BCUT2D eigenvalue weighted by atomic mass is 10.0. The van der Waals surface area contributed by atoms with Crippen LogP contribution in [-0.2, 0) is 24.0 Å². The minimum Gasteiger partial charge on any atom is -0.480 e. The number of carbonyl (C=O) groups excluding carboxylic acids is 4. The van der Waals surface area contributed by atoms with Crippen LogP contribution < -0.4 is 16.0 Å². The third-order valence-corrected chi connectivity index (χ3v) is 6.40. The molecule has 0 heterocycles. The van der Waals surface area contributed by atoms with Crippen LogP contribution in [0.1, 0.15) is 123 Å². The summed E-state index contributed by atoms with van der Waals surface area (Å²) in [4.78, 5) is 69.7. The molecule has 2 unspecified atom stereocenters. The van der Waals surface area contributed by atoms with Crippen LogP contribution >= 0.6 is 0 Å². The van der Waals surface area contributed by atoms with Crippen molar-refractivity contribution in [2.75, 3.05) is 6.54 Å². The second-order valence-corrected chi connectivity index (χ2v) is 10.1. The van der Waals surface area contributed by atoms with Crippen LogP contribution in [0.4, 0.5) is 4.79 Å². The largest absolute Gasteiger partial charge is 0.480 e. The smallest absolute Gasteiger partial charge is 0.326 e. The highest BCUT2D eigenvalue weighted by Crippen LogP contribution is 2.10. The van der Waals surface area contributed by atoms with Gasteiger partial charge in [0.25, 0.3) is 0 Å². The Morgan fingerprint density at radius 2 is 1.13 bits per heavy atom. The van der Waals surface area contributed by atoms with Gasteiger partial charge in [-0.05, 0) is 51.9 Å². The van der Waals surface area contributed by atoms with Crippen molar-refractivity contribution in [1.82, 2.24) is 16.0 Å². The predicted octanol–water partition coefficient (Wildman–Crippen LogP) is 4.12. The number of carboxylic acids is 2. The summed E-state index contributed by atoms with van der Waals surface area (Å²) in [5, 5.41) is 25.8. The Hall–Kier alpha value is -2.98. The summed E-state index contributed by atoms with van der Waals surface area (Å²) >= 11 is 0. The van der Waals surface area contributed by atoms with E-state index in [0.29, 0.717) is 44.4 Å². The third kappa shape index (κ3) is 21.6. The average molecular weight is 556 g/mol. The number of rotatable bonds is 25. The highest BCUT2D eigenvalue weighted by Gasteiger charge is 2.24. The van der Waals surface area contributed by atoms with Gasteiger partial charge in [0.05, 0.1) is 0 Å². The summed E-state index contributed by atoms with van der Waals surface area (Å²) in [5.41, 5.74) is 0. The molecule has 0 bridgehead atoms. The number of amides is 3. The third-order valence-electron chi connectivity index (χ3n) is 6.40. The average Bonchev–Trinajstić information content (AvgIpc) is 2.87. The zero-order chi connectivity index (χ0) is 29.5. The fraction of sp³-hybridized carbons (Fsp3) is 0.786. The maximum Gasteiger partial charge on any atom is 0.326 e. The molecule has 0 rings (SSSR count). The zero-order valence-corrected chi connectivity index (χ0v) is 23.7. The Morgan fingerprint density at radius 1 is 0.615 bits per heavy atom. The van der Waals surface area contributed by atoms with E-state index in [9.17, 15) is 33.9 Å². The van der Waals surface area contributed by atoms with Gasteiger partial charge < -0.3 is 31.0 Å². The standard InChI is InChI=1S/C28H49N3O8/c1-3-4-5-6-9-14-22(33)15-10-7-8-11-17-25(34)29-20-13-12-16-23(26(35)36)30-28(39)31-24(27(37)38)19-18-21(2)32/h23-24H,3-20H2,1-2H3,(H,29,34)(H,35,36)(H,37,38)(H2,30,31,39). The van der Waals surface area contributed by atoms with Crippen LogP contribution in [0.15, 0.2) is 0 Å². The highest BCUT2D eigenvalue weighted by molar-refractivity contribution is 5.86. The molecular weight excluding hydrogens is 506 g/mol. The van der Waals surface area contributed by atoms with Crippen molar-refractivity contribution >= 4 is 35.4 Å². The lowest BCUT2D eigenvalue weighted by molar-refractivity contribution is -0.139. The van der Waals surface area contributed by atoms with Gasteiger partial charge in [-0.25, -0.2) is 14.4 Å². The topological polar surface area (TPSA) is 179 Å². The maximum absolute atomic E-state index is 12.1. The summed E-state index contributed by atoms with van der Waals surface area (Å²) in [7, 11) is 0. The second kappa shape index (κ2) is 23.0. The fourth-order valence-electron chi connectivity index (χ4n) is 4.02. The molecule has 0 spiro atoms. The molecule has 0 saturated heterocycles. The lowest BCUT2D eigenvalue weighted by Crippen LogP contribution is -2.51.